The van der Waals surface area contributed by atoms with Crippen molar-refractivity contribution in [2.24, 2.45) is 0 Å². The topological polar surface area (TPSA) is 83.5 Å². The zero-order valence-corrected chi connectivity index (χ0v) is 8.99. The van der Waals surface area contributed by atoms with Crippen LogP contribution in [0, 0.1) is 11.2 Å². The molecule has 0 heterocycles. The third kappa shape index (κ3) is 4.59. The summed E-state index contributed by atoms with van der Waals surface area (Å²) < 4.78 is 24.1. The first-order valence-corrected chi connectivity index (χ1v) is 5.77. The number of hydrogen-bond donors (Lipinski definition) is 2. The molecule has 16 heavy (non-hydrogen) atoms. The molecule has 0 amide bonds. The molecular formula is C10H9NO4S. The summed E-state index contributed by atoms with van der Waals surface area (Å²) in [5.41, 5.74) is 0.545. The molecule has 0 aliphatic heterocycles. The molecule has 1 aromatic rings. The fourth-order valence-electron chi connectivity index (χ4n) is 0.840. The van der Waals surface area contributed by atoms with Crippen LogP contribution < -0.4 is 4.72 Å². The maximum atomic E-state index is 11.2. The zero-order chi connectivity index (χ0) is 12.0. The Labute approximate surface area is 93.2 Å². The van der Waals surface area contributed by atoms with Crippen LogP contribution in [0.25, 0.3) is 0 Å². The number of nitrogens with one attached hydrogen (secondary N) is 1. The van der Waals surface area contributed by atoms with Crippen molar-refractivity contribution in [1.82, 2.24) is 4.72 Å². The molecule has 0 aromatic heterocycles. The molecule has 0 atom stereocenters. The second-order valence-corrected chi connectivity index (χ2v) is 4.31. The first kappa shape index (κ1) is 12.2. The van der Waals surface area contributed by atoms with Crippen molar-refractivity contribution in [3.05, 3.63) is 35.9 Å². The number of hydrogen-bond acceptors (Lipinski definition) is 3. The highest BCUT2D eigenvalue weighted by molar-refractivity contribution is 7.94. The van der Waals surface area contributed by atoms with Crippen molar-refractivity contribution in [3.63, 3.8) is 0 Å². The van der Waals surface area contributed by atoms with Crippen LogP contribution in [0.4, 0.5) is 0 Å². The first-order chi connectivity index (χ1) is 7.49. The fourth-order valence-corrected chi connectivity index (χ4v) is 1.48. The molecule has 0 spiro atoms. The Bertz CT molecular complexity index is 525. The Hall–Kier alpha value is -1.84. The molecule has 84 valence electrons. The van der Waals surface area contributed by atoms with Gasteiger partial charge in [0, 0.05) is 10.8 Å². The van der Waals surface area contributed by atoms with Crippen LogP contribution in [0.15, 0.2) is 30.3 Å². The summed E-state index contributed by atoms with van der Waals surface area (Å²) in [6, 6.07) is 8.53. The van der Waals surface area contributed by atoms with Crippen molar-refractivity contribution in [1.29, 1.82) is 0 Å². The van der Waals surface area contributed by atoms with Gasteiger partial charge in [0.05, 0.1) is 0 Å². The van der Waals surface area contributed by atoms with E-state index in [0.29, 0.717) is 5.56 Å². The van der Waals surface area contributed by atoms with Crippen LogP contribution in [0.2, 0.25) is 0 Å². The van der Waals surface area contributed by atoms with Gasteiger partial charge in [0.25, 0.3) is 10.0 Å². The van der Waals surface area contributed by atoms with Crippen LogP contribution in [0.5, 0.6) is 0 Å². The van der Waals surface area contributed by atoms with Crippen molar-refractivity contribution >= 4 is 16.0 Å². The third-order valence-electron chi connectivity index (χ3n) is 1.52. The monoisotopic (exact) mass is 239 g/mol. The number of benzene rings is 1. The zero-order valence-electron chi connectivity index (χ0n) is 8.17. The lowest BCUT2D eigenvalue weighted by atomic mass is 10.2. The molecule has 2 N–H and O–H groups in total. The number of carboxylic acids is 1. The van der Waals surface area contributed by atoms with E-state index in [1.807, 2.05) is 9.97 Å². The molecule has 0 fully saturated rings. The summed E-state index contributed by atoms with van der Waals surface area (Å²) in [4.78, 5) is 10.1. The summed E-state index contributed by atoms with van der Waals surface area (Å²) in [7, 11) is -3.87. The average molecular weight is 239 g/mol. The van der Waals surface area contributed by atoms with E-state index in [-0.39, 0.29) is 0 Å². The number of rotatable bonds is 3. The summed E-state index contributed by atoms with van der Waals surface area (Å²) in [5, 5.41) is 10.3. The third-order valence-corrected chi connectivity index (χ3v) is 2.41. The van der Waals surface area contributed by atoms with E-state index >= 15 is 0 Å². The normalized spacial score (nSPS) is 10.2. The van der Waals surface area contributed by atoms with Gasteiger partial charge >= 0.3 is 5.97 Å². The van der Waals surface area contributed by atoms with Gasteiger partial charge in [-0.1, -0.05) is 18.2 Å². The van der Waals surface area contributed by atoms with E-state index in [0.717, 1.165) is 0 Å². The maximum absolute atomic E-state index is 11.2. The van der Waals surface area contributed by atoms with Gasteiger partial charge in [-0.3, -0.25) is 4.79 Å². The largest absolute Gasteiger partial charge is 0.480 e. The van der Waals surface area contributed by atoms with Crippen LogP contribution in [0.3, 0.4) is 0 Å². The molecule has 0 radical (unpaired) electrons. The lowest BCUT2D eigenvalue weighted by molar-refractivity contribution is -0.135. The van der Waals surface area contributed by atoms with Gasteiger partial charge in [-0.2, -0.15) is 13.1 Å². The first-order valence-electron chi connectivity index (χ1n) is 4.29. The molecule has 5 nitrogen and oxygen atoms in total. The van der Waals surface area contributed by atoms with Crippen molar-refractivity contribution < 1.29 is 18.3 Å². The van der Waals surface area contributed by atoms with Crippen LogP contribution >= 0.6 is 0 Å². The van der Waals surface area contributed by atoms with Crippen molar-refractivity contribution in [3.8, 4) is 11.2 Å². The summed E-state index contributed by atoms with van der Waals surface area (Å²) in [6.07, 6.45) is 0. The molecule has 6 heteroatoms. The molecular weight excluding hydrogens is 230 g/mol. The van der Waals surface area contributed by atoms with Crippen molar-refractivity contribution in [2.75, 3.05) is 6.54 Å². The van der Waals surface area contributed by atoms with Crippen LogP contribution in [-0.4, -0.2) is 26.0 Å². The lowest BCUT2D eigenvalue weighted by Crippen LogP contribution is -2.27. The van der Waals surface area contributed by atoms with Gasteiger partial charge in [0.15, 0.2) is 0 Å². The summed E-state index contributed by atoms with van der Waals surface area (Å²) >= 11 is 0. The summed E-state index contributed by atoms with van der Waals surface area (Å²) in [5.74, 6) is 1.16. The quantitative estimate of drug-likeness (QED) is 0.727. The Balaban J connectivity index is 2.74. The molecule has 1 aromatic carbocycles. The second kappa shape index (κ2) is 5.30. The highest BCUT2D eigenvalue weighted by Crippen LogP contribution is 1.95. The highest BCUT2D eigenvalue weighted by atomic mass is 32.2. The van der Waals surface area contributed by atoms with Gasteiger partial charge in [0.1, 0.15) is 6.54 Å². The molecule has 0 unspecified atom stereocenters. The Morgan fingerprint density at radius 2 is 1.94 bits per heavy atom. The van der Waals surface area contributed by atoms with Crippen molar-refractivity contribution in [2.45, 2.75) is 0 Å². The maximum Gasteiger partial charge on any atom is 0.318 e. The number of carboxylic acid groups (broad SMARTS) is 1. The molecule has 0 aliphatic rings. The second-order valence-electron chi connectivity index (χ2n) is 2.81. The number of carbonyl (C=O) groups is 1. The smallest absolute Gasteiger partial charge is 0.318 e. The predicted molar refractivity (Wildman–Crippen MR) is 57.9 cm³/mol. The summed E-state index contributed by atoms with van der Waals surface area (Å²) in [6.45, 7) is -0.675. The SMILES string of the molecule is O=C(O)CNS(=O)(=O)C#Cc1ccccc1. The van der Waals surface area contributed by atoms with Gasteiger partial charge in [-0.15, -0.1) is 0 Å². The predicted octanol–water partition coefficient (Wildman–Crippen LogP) is -0.000400. The van der Waals surface area contributed by atoms with Gasteiger partial charge in [0.2, 0.25) is 0 Å². The van der Waals surface area contributed by atoms with E-state index in [2.05, 4.69) is 5.92 Å². The average Bonchev–Trinajstić information content (AvgIpc) is 2.26. The minimum atomic E-state index is -3.87. The van der Waals surface area contributed by atoms with Gasteiger partial charge in [-0.25, -0.2) is 0 Å². The van der Waals surface area contributed by atoms with E-state index in [9.17, 15) is 13.2 Å². The number of sulfonamides is 1. The van der Waals surface area contributed by atoms with E-state index in [1.165, 1.54) is 0 Å². The fraction of sp³-hybridized carbons (Fsp3) is 0.100. The van der Waals surface area contributed by atoms with Gasteiger partial charge in [-0.05, 0) is 18.1 Å². The van der Waals surface area contributed by atoms with E-state index in [4.69, 9.17) is 5.11 Å². The van der Waals surface area contributed by atoms with Crippen LogP contribution in [0.1, 0.15) is 5.56 Å². The minimum Gasteiger partial charge on any atom is -0.480 e. The Morgan fingerprint density at radius 3 is 2.50 bits per heavy atom. The Morgan fingerprint density at radius 1 is 1.31 bits per heavy atom. The van der Waals surface area contributed by atoms with Gasteiger partial charge < -0.3 is 5.11 Å². The highest BCUT2D eigenvalue weighted by Gasteiger charge is 2.06. The lowest BCUT2D eigenvalue weighted by Gasteiger charge is -1.94. The molecule has 0 aliphatic carbocycles. The standard InChI is InChI=1S/C10H9NO4S/c12-10(13)8-11-16(14,15)7-6-9-4-2-1-3-5-9/h1-5,11H,8H2,(H,12,13). The Kier molecular flexibility index (Phi) is 4.05. The molecule has 1 rings (SSSR count). The van der Waals surface area contributed by atoms with E-state index < -0.39 is 22.5 Å². The molecule has 0 saturated carbocycles. The van der Waals surface area contributed by atoms with Crippen LogP contribution in [-0.2, 0) is 14.8 Å². The van der Waals surface area contributed by atoms with E-state index in [1.54, 1.807) is 30.3 Å². The minimum absolute atomic E-state index is 0.545. The molecule has 0 saturated heterocycles. The molecule has 0 bridgehead atoms. The number of aliphatic carboxylic acids is 1.